The quantitative estimate of drug-likeness (QED) is 0.660. The molecule has 78 valence electrons. The van der Waals surface area contributed by atoms with Gasteiger partial charge < -0.3 is 4.90 Å². The van der Waals surface area contributed by atoms with Crippen LogP contribution >= 0.6 is 0 Å². The Kier molecular flexibility index (Phi) is 4.20. The molecule has 1 aliphatic heterocycles. The Morgan fingerprint density at radius 3 is 2.15 bits per heavy atom. The van der Waals surface area contributed by atoms with Crippen molar-refractivity contribution in [1.82, 2.24) is 9.80 Å². The van der Waals surface area contributed by atoms with Gasteiger partial charge in [-0.2, -0.15) is 0 Å². The molecule has 2 atom stereocenters. The van der Waals surface area contributed by atoms with Crippen molar-refractivity contribution in [2.45, 2.75) is 45.7 Å². The van der Waals surface area contributed by atoms with Crippen LogP contribution in [0.3, 0.4) is 0 Å². The molecule has 1 aliphatic rings. The molecule has 0 radical (unpaired) electrons. The van der Waals surface area contributed by atoms with Gasteiger partial charge in [-0.05, 0) is 33.9 Å². The van der Waals surface area contributed by atoms with Crippen molar-refractivity contribution in [3.8, 4) is 0 Å². The molecule has 13 heavy (non-hydrogen) atoms. The van der Waals surface area contributed by atoms with Crippen molar-refractivity contribution in [3.05, 3.63) is 0 Å². The van der Waals surface area contributed by atoms with E-state index in [0.717, 1.165) is 12.1 Å². The van der Waals surface area contributed by atoms with Crippen LogP contribution in [0.25, 0.3) is 0 Å². The highest BCUT2D eigenvalue weighted by atomic mass is 15.3. The Morgan fingerprint density at radius 2 is 1.69 bits per heavy atom. The SMILES string of the molecule is CCCCN1CC(C)N(C)C(C)C1. The molecule has 0 N–H and O–H groups in total. The summed E-state index contributed by atoms with van der Waals surface area (Å²) in [7, 11) is 2.24. The summed E-state index contributed by atoms with van der Waals surface area (Å²) >= 11 is 0. The van der Waals surface area contributed by atoms with Crippen LogP contribution < -0.4 is 0 Å². The Bertz CT molecular complexity index is 135. The molecule has 1 saturated heterocycles. The Labute approximate surface area is 82.9 Å². The van der Waals surface area contributed by atoms with E-state index in [0.29, 0.717) is 0 Å². The van der Waals surface area contributed by atoms with Crippen molar-refractivity contribution < 1.29 is 0 Å². The fourth-order valence-electron chi connectivity index (χ4n) is 2.08. The maximum Gasteiger partial charge on any atom is 0.0195 e. The summed E-state index contributed by atoms with van der Waals surface area (Å²) in [6, 6.07) is 1.45. The topological polar surface area (TPSA) is 6.48 Å². The summed E-state index contributed by atoms with van der Waals surface area (Å²) in [6.45, 7) is 10.7. The van der Waals surface area contributed by atoms with Gasteiger partial charge in [0, 0.05) is 25.2 Å². The molecule has 2 heteroatoms. The van der Waals surface area contributed by atoms with Crippen LogP contribution in [0.15, 0.2) is 0 Å². The Hall–Kier alpha value is -0.0800. The fourth-order valence-corrected chi connectivity index (χ4v) is 2.08. The largest absolute Gasteiger partial charge is 0.300 e. The third-order valence-electron chi connectivity index (χ3n) is 3.26. The van der Waals surface area contributed by atoms with E-state index < -0.39 is 0 Å². The zero-order chi connectivity index (χ0) is 9.84. The molecule has 1 heterocycles. The van der Waals surface area contributed by atoms with E-state index in [1.807, 2.05) is 0 Å². The van der Waals surface area contributed by atoms with E-state index in [1.165, 1.54) is 32.5 Å². The van der Waals surface area contributed by atoms with Gasteiger partial charge in [0.05, 0.1) is 0 Å². The van der Waals surface area contributed by atoms with Crippen molar-refractivity contribution >= 4 is 0 Å². The minimum atomic E-state index is 0.723. The van der Waals surface area contributed by atoms with Gasteiger partial charge in [0.15, 0.2) is 0 Å². The summed E-state index contributed by atoms with van der Waals surface area (Å²) in [4.78, 5) is 5.10. The summed E-state index contributed by atoms with van der Waals surface area (Å²) in [5.74, 6) is 0. The van der Waals surface area contributed by atoms with Crippen LogP contribution in [0.1, 0.15) is 33.6 Å². The smallest absolute Gasteiger partial charge is 0.0195 e. The number of hydrogen-bond acceptors (Lipinski definition) is 2. The molecule has 0 amide bonds. The lowest BCUT2D eigenvalue weighted by Crippen LogP contribution is -2.54. The standard InChI is InChI=1S/C11H24N2/c1-5-6-7-13-8-10(2)12(4)11(3)9-13/h10-11H,5-9H2,1-4H3. The summed E-state index contributed by atoms with van der Waals surface area (Å²) in [5, 5.41) is 0. The van der Waals surface area contributed by atoms with Crippen molar-refractivity contribution in [2.75, 3.05) is 26.7 Å². The molecule has 1 fully saturated rings. The second-order valence-corrected chi connectivity index (χ2v) is 4.48. The molecule has 0 aromatic carbocycles. The van der Waals surface area contributed by atoms with Crippen molar-refractivity contribution in [1.29, 1.82) is 0 Å². The van der Waals surface area contributed by atoms with Gasteiger partial charge in [-0.3, -0.25) is 4.90 Å². The van der Waals surface area contributed by atoms with Gasteiger partial charge >= 0.3 is 0 Å². The fraction of sp³-hybridized carbons (Fsp3) is 1.00. The Morgan fingerprint density at radius 1 is 1.15 bits per heavy atom. The normalized spacial score (nSPS) is 32.3. The van der Waals surface area contributed by atoms with Crippen molar-refractivity contribution in [2.24, 2.45) is 0 Å². The second-order valence-electron chi connectivity index (χ2n) is 4.48. The van der Waals surface area contributed by atoms with Gasteiger partial charge in [0.1, 0.15) is 0 Å². The highest BCUT2D eigenvalue weighted by Gasteiger charge is 2.25. The summed E-state index contributed by atoms with van der Waals surface area (Å²) < 4.78 is 0. The first kappa shape index (κ1) is 11.0. The first-order chi connectivity index (χ1) is 6.15. The van der Waals surface area contributed by atoms with E-state index in [2.05, 4.69) is 37.6 Å². The highest BCUT2D eigenvalue weighted by molar-refractivity contribution is 4.82. The second kappa shape index (κ2) is 4.97. The number of likely N-dealkylation sites (N-methyl/N-ethyl adjacent to an activating group) is 1. The third-order valence-corrected chi connectivity index (χ3v) is 3.26. The number of rotatable bonds is 3. The van der Waals surface area contributed by atoms with Crippen LogP contribution in [0.5, 0.6) is 0 Å². The minimum Gasteiger partial charge on any atom is -0.300 e. The third kappa shape index (κ3) is 2.96. The molecular weight excluding hydrogens is 160 g/mol. The summed E-state index contributed by atoms with van der Waals surface area (Å²) in [6.07, 6.45) is 2.66. The average Bonchev–Trinajstić information content (AvgIpc) is 2.10. The Balaban J connectivity index is 2.35. The zero-order valence-corrected chi connectivity index (χ0v) is 9.58. The molecule has 0 aliphatic carbocycles. The molecule has 0 bridgehead atoms. The lowest BCUT2D eigenvalue weighted by atomic mass is 10.1. The predicted molar refractivity (Wildman–Crippen MR) is 58.0 cm³/mol. The number of hydrogen-bond donors (Lipinski definition) is 0. The van der Waals surface area contributed by atoms with Gasteiger partial charge in [-0.1, -0.05) is 13.3 Å². The first-order valence-electron chi connectivity index (χ1n) is 5.59. The van der Waals surface area contributed by atoms with E-state index in [4.69, 9.17) is 0 Å². The maximum atomic E-state index is 2.61. The van der Waals surface area contributed by atoms with Crippen LogP contribution in [0, 0.1) is 0 Å². The van der Waals surface area contributed by atoms with E-state index in [-0.39, 0.29) is 0 Å². The van der Waals surface area contributed by atoms with E-state index in [9.17, 15) is 0 Å². The average molecular weight is 184 g/mol. The monoisotopic (exact) mass is 184 g/mol. The van der Waals surface area contributed by atoms with Gasteiger partial charge in [-0.15, -0.1) is 0 Å². The lowest BCUT2D eigenvalue weighted by molar-refractivity contribution is 0.0594. The van der Waals surface area contributed by atoms with E-state index >= 15 is 0 Å². The van der Waals surface area contributed by atoms with Crippen LogP contribution in [0.4, 0.5) is 0 Å². The molecule has 1 rings (SSSR count). The molecule has 0 aromatic rings. The number of unbranched alkanes of at least 4 members (excludes halogenated alkanes) is 1. The molecule has 2 unspecified atom stereocenters. The molecular formula is C11H24N2. The van der Waals surface area contributed by atoms with Crippen LogP contribution in [-0.4, -0.2) is 48.6 Å². The van der Waals surface area contributed by atoms with Crippen LogP contribution in [0.2, 0.25) is 0 Å². The minimum absolute atomic E-state index is 0.723. The molecule has 0 aromatic heterocycles. The van der Waals surface area contributed by atoms with E-state index in [1.54, 1.807) is 0 Å². The molecule has 0 saturated carbocycles. The van der Waals surface area contributed by atoms with Gasteiger partial charge in [0.2, 0.25) is 0 Å². The maximum absolute atomic E-state index is 2.61. The van der Waals surface area contributed by atoms with Gasteiger partial charge in [0.25, 0.3) is 0 Å². The van der Waals surface area contributed by atoms with Gasteiger partial charge in [-0.25, -0.2) is 0 Å². The van der Waals surface area contributed by atoms with Crippen molar-refractivity contribution in [3.63, 3.8) is 0 Å². The summed E-state index contributed by atoms with van der Waals surface area (Å²) in [5.41, 5.74) is 0. The zero-order valence-electron chi connectivity index (χ0n) is 9.58. The number of nitrogens with zero attached hydrogens (tertiary/aromatic N) is 2. The molecule has 0 spiro atoms. The predicted octanol–water partition coefficient (Wildman–Crippen LogP) is 1.81. The first-order valence-corrected chi connectivity index (χ1v) is 5.59. The highest BCUT2D eigenvalue weighted by Crippen LogP contribution is 2.13. The lowest BCUT2D eigenvalue weighted by Gasteiger charge is -2.42. The molecule has 2 nitrogen and oxygen atoms in total. The number of piperazine rings is 1. The van der Waals surface area contributed by atoms with Crippen LogP contribution in [-0.2, 0) is 0 Å².